The third kappa shape index (κ3) is 5.24. The number of halogens is 1. The number of benzene rings is 3. The second-order valence-corrected chi connectivity index (χ2v) is 9.23. The fraction of sp³-hybridized carbons (Fsp3) is 0.222. The van der Waals surface area contributed by atoms with E-state index in [1.165, 1.54) is 22.8 Å². The number of hydrogen-bond donors (Lipinski definition) is 0. The molecule has 3 aromatic carbocycles. The Morgan fingerprint density at radius 2 is 1.70 bits per heavy atom. The number of hydrogen-bond acceptors (Lipinski definition) is 4. The van der Waals surface area contributed by atoms with Crippen LogP contribution in [0.5, 0.6) is 5.75 Å². The van der Waals surface area contributed by atoms with E-state index >= 15 is 0 Å². The largest absolute Gasteiger partial charge is 0.489 e. The molecule has 0 N–H and O–H groups in total. The zero-order valence-corrected chi connectivity index (χ0v) is 19.1. The Labute approximate surface area is 196 Å². The van der Waals surface area contributed by atoms with Gasteiger partial charge in [-0.3, -0.25) is 9.69 Å². The van der Waals surface area contributed by atoms with Gasteiger partial charge in [0.2, 0.25) is 0 Å². The monoisotopic (exact) mass is 460 g/mol. The molecule has 4 nitrogen and oxygen atoms in total. The molecule has 0 atom stereocenters. The van der Waals surface area contributed by atoms with Gasteiger partial charge in [0.15, 0.2) is 0 Å². The van der Waals surface area contributed by atoms with E-state index in [9.17, 15) is 9.18 Å². The average Bonchev–Trinajstić information content (AvgIpc) is 3.32. The Morgan fingerprint density at radius 3 is 2.52 bits per heavy atom. The molecule has 2 heterocycles. The summed E-state index contributed by atoms with van der Waals surface area (Å²) in [6.07, 6.45) is 0. The molecule has 1 aliphatic heterocycles. The van der Waals surface area contributed by atoms with Crippen molar-refractivity contribution in [3.63, 3.8) is 0 Å². The lowest BCUT2D eigenvalue weighted by Gasteiger charge is -2.34. The van der Waals surface area contributed by atoms with Crippen LogP contribution in [0.25, 0.3) is 10.8 Å². The van der Waals surface area contributed by atoms with Crippen molar-refractivity contribution in [2.75, 3.05) is 26.2 Å². The highest BCUT2D eigenvalue weighted by Crippen LogP contribution is 2.23. The molecular formula is C27H25FN2O2S. The lowest BCUT2D eigenvalue weighted by atomic mass is 10.1. The molecule has 0 saturated carbocycles. The van der Waals surface area contributed by atoms with Crippen LogP contribution in [0.15, 0.2) is 78.2 Å². The Balaban J connectivity index is 1.14. The van der Waals surface area contributed by atoms with E-state index in [2.05, 4.69) is 23.1 Å². The van der Waals surface area contributed by atoms with Gasteiger partial charge >= 0.3 is 0 Å². The number of ether oxygens (including phenoxy) is 1. The first-order valence-electron chi connectivity index (χ1n) is 11.1. The van der Waals surface area contributed by atoms with E-state index in [4.69, 9.17) is 4.74 Å². The van der Waals surface area contributed by atoms with Crippen LogP contribution in [0.1, 0.15) is 20.8 Å². The number of fused-ring (bicyclic) bond motifs is 1. The molecule has 1 saturated heterocycles. The predicted molar refractivity (Wildman–Crippen MR) is 130 cm³/mol. The second-order valence-electron chi connectivity index (χ2n) is 8.32. The smallest absolute Gasteiger partial charge is 0.264 e. The Kier molecular flexibility index (Phi) is 6.37. The summed E-state index contributed by atoms with van der Waals surface area (Å²) in [6.45, 7) is 4.06. The summed E-state index contributed by atoms with van der Waals surface area (Å²) in [7, 11) is 0. The highest BCUT2D eigenvalue weighted by Gasteiger charge is 2.23. The van der Waals surface area contributed by atoms with Crippen LogP contribution in [0.2, 0.25) is 0 Å². The van der Waals surface area contributed by atoms with Crippen LogP contribution in [0, 0.1) is 5.82 Å². The molecule has 1 aromatic heterocycles. The molecular weight excluding hydrogens is 435 g/mol. The maximum atomic E-state index is 13.4. The number of thiophene rings is 1. The topological polar surface area (TPSA) is 32.8 Å². The average molecular weight is 461 g/mol. The van der Waals surface area contributed by atoms with Crippen LogP contribution in [0.4, 0.5) is 4.39 Å². The molecule has 1 aliphatic rings. The number of piperazine rings is 1. The summed E-state index contributed by atoms with van der Waals surface area (Å²) in [5.41, 5.74) is 1.96. The number of carbonyl (C=O) groups is 1. The van der Waals surface area contributed by atoms with Gasteiger partial charge in [-0.15, -0.1) is 11.3 Å². The summed E-state index contributed by atoms with van der Waals surface area (Å²) in [5.74, 6) is 0.684. The maximum Gasteiger partial charge on any atom is 0.264 e. The van der Waals surface area contributed by atoms with Gasteiger partial charge in [-0.25, -0.2) is 4.39 Å². The minimum atomic E-state index is -0.209. The molecule has 168 valence electrons. The van der Waals surface area contributed by atoms with Gasteiger partial charge in [-0.2, -0.15) is 0 Å². The Bertz CT molecular complexity index is 1260. The summed E-state index contributed by atoms with van der Waals surface area (Å²) >= 11 is 1.47. The fourth-order valence-electron chi connectivity index (χ4n) is 4.15. The molecule has 33 heavy (non-hydrogen) atoms. The molecule has 0 spiro atoms. The number of carbonyl (C=O) groups excluding carboxylic acids is 1. The highest BCUT2D eigenvalue weighted by molar-refractivity contribution is 7.12. The molecule has 4 aromatic rings. The van der Waals surface area contributed by atoms with Crippen LogP contribution >= 0.6 is 11.3 Å². The van der Waals surface area contributed by atoms with Crippen molar-refractivity contribution in [3.8, 4) is 5.75 Å². The number of nitrogens with zero attached hydrogens (tertiary/aromatic N) is 2. The van der Waals surface area contributed by atoms with E-state index in [0.717, 1.165) is 40.2 Å². The first-order valence-corrected chi connectivity index (χ1v) is 12.0. The zero-order valence-electron chi connectivity index (χ0n) is 18.2. The van der Waals surface area contributed by atoms with E-state index in [1.54, 1.807) is 12.1 Å². The first kappa shape index (κ1) is 21.6. The van der Waals surface area contributed by atoms with E-state index in [0.29, 0.717) is 26.2 Å². The minimum Gasteiger partial charge on any atom is -0.489 e. The van der Waals surface area contributed by atoms with Crippen molar-refractivity contribution in [2.24, 2.45) is 0 Å². The van der Waals surface area contributed by atoms with Crippen LogP contribution in [-0.4, -0.2) is 41.9 Å². The van der Waals surface area contributed by atoms with Crippen molar-refractivity contribution in [1.82, 2.24) is 9.80 Å². The number of rotatable bonds is 6. The van der Waals surface area contributed by atoms with E-state index in [-0.39, 0.29) is 11.7 Å². The molecule has 0 aliphatic carbocycles. The maximum absolute atomic E-state index is 13.4. The van der Waals surface area contributed by atoms with Crippen LogP contribution < -0.4 is 4.74 Å². The van der Waals surface area contributed by atoms with Crippen molar-refractivity contribution in [2.45, 2.75) is 13.2 Å². The van der Waals surface area contributed by atoms with Crippen molar-refractivity contribution >= 4 is 28.0 Å². The fourth-order valence-corrected chi connectivity index (χ4v) is 5.01. The standard InChI is InChI=1S/C27H25FN2O2S/c28-24-7-3-4-20(14-24)17-29-10-12-30(13-11-29)27(31)26-15-21(19-33-26)18-32-25-9-8-22-5-1-2-6-23(22)16-25/h1-9,14-16,19H,10-13,17-18H2. The lowest BCUT2D eigenvalue weighted by molar-refractivity contribution is 0.0633. The summed E-state index contributed by atoms with van der Waals surface area (Å²) < 4.78 is 19.4. The van der Waals surface area contributed by atoms with Gasteiger partial charge in [0, 0.05) is 38.3 Å². The van der Waals surface area contributed by atoms with Crippen LogP contribution in [0.3, 0.4) is 0 Å². The normalized spacial score (nSPS) is 14.5. The molecule has 1 fully saturated rings. The van der Waals surface area contributed by atoms with Crippen molar-refractivity contribution in [3.05, 3.63) is 100.0 Å². The molecule has 0 bridgehead atoms. The third-order valence-electron chi connectivity index (χ3n) is 5.95. The van der Waals surface area contributed by atoms with E-state index < -0.39 is 0 Å². The van der Waals surface area contributed by atoms with Gasteiger partial charge in [0.1, 0.15) is 18.2 Å². The predicted octanol–water partition coefficient (Wildman–Crippen LogP) is 5.58. The highest BCUT2D eigenvalue weighted by atomic mass is 32.1. The van der Waals surface area contributed by atoms with Gasteiger partial charge in [-0.1, -0.05) is 42.5 Å². The van der Waals surface area contributed by atoms with Crippen LogP contribution in [-0.2, 0) is 13.2 Å². The summed E-state index contributed by atoms with van der Waals surface area (Å²) in [6, 6.07) is 22.9. The quantitative estimate of drug-likeness (QED) is 0.377. The second kappa shape index (κ2) is 9.73. The first-order chi connectivity index (χ1) is 16.1. The molecule has 0 radical (unpaired) electrons. The molecule has 1 amide bonds. The molecule has 6 heteroatoms. The third-order valence-corrected chi connectivity index (χ3v) is 6.91. The lowest BCUT2D eigenvalue weighted by Crippen LogP contribution is -2.48. The Hall–Kier alpha value is -3.22. The summed E-state index contributed by atoms with van der Waals surface area (Å²) in [4.78, 5) is 17.9. The Morgan fingerprint density at radius 1 is 0.879 bits per heavy atom. The SMILES string of the molecule is O=C(c1cc(COc2ccc3ccccc3c2)cs1)N1CCN(Cc2cccc(F)c2)CC1. The van der Waals surface area contributed by atoms with Crippen molar-refractivity contribution in [1.29, 1.82) is 0 Å². The van der Waals surface area contributed by atoms with Crippen molar-refractivity contribution < 1.29 is 13.9 Å². The van der Waals surface area contributed by atoms with E-state index in [1.807, 2.05) is 46.7 Å². The molecule has 5 rings (SSSR count). The van der Waals surface area contributed by atoms with Gasteiger partial charge in [0.25, 0.3) is 5.91 Å². The zero-order chi connectivity index (χ0) is 22.6. The molecule has 0 unspecified atom stereocenters. The van der Waals surface area contributed by atoms with Gasteiger partial charge in [0.05, 0.1) is 4.88 Å². The van der Waals surface area contributed by atoms with Gasteiger partial charge < -0.3 is 9.64 Å². The number of amides is 1. The van der Waals surface area contributed by atoms with Gasteiger partial charge in [-0.05, 0) is 52.0 Å². The summed E-state index contributed by atoms with van der Waals surface area (Å²) in [5, 5.41) is 4.33. The minimum absolute atomic E-state index is 0.0716.